The Kier molecular flexibility index (Phi) is 4.12. The van der Waals surface area contributed by atoms with Crippen molar-refractivity contribution in [2.75, 3.05) is 12.8 Å². The average molecular weight is 241 g/mol. The predicted molar refractivity (Wildman–Crippen MR) is 71.0 cm³/mol. The molecule has 0 amide bonds. The van der Waals surface area contributed by atoms with Gasteiger partial charge in [0.25, 0.3) is 0 Å². The minimum Gasteiger partial charge on any atom is -0.311 e. The fraction of sp³-hybridized carbons (Fsp3) is 0.667. The first kappa shape index (κ1) is 11.5. The molecule has 1 aliphatic rings. The monoisotopic (exact) mass is 241 g/mol. The van der Waals surface area contributed by atoms with Crippen molar-refractivity contribution < 1.29 is 0 Å². The van der Waals surface area contributed by atoms with E-state index in [1.807, 2.05) is 11.3 Å². The second kappa shape index (κ2) is 5.37. The Hall–Kier alpha value is 0.01000. The highest BCUT2D eigenvalue weighted by atomic mass is 32.2. The van der Waals surface area contributed by atoms with Gasteiger partial charge in [-0.05, 0) is 44.7 Å². The largest absolute Gasteiger partial charge is 0.311 e. The minimum absolute atomic E-state index is 0.564. The van der Waals surface area contributed by atoms with Crippen molar-refractivity contribution >= 4 is 23.1 Å². The van der Waals surface area contributed by atoms with Crippen molar-refractivity contribution in [1.82, 2.24) is 5.32 Å². The molecule has 0 aliphatic carbocycles. The molecule has 2 heterocycles. The van der Waals surface area contributed by atoms with Gasteiger partial charge in [-0.15, -0.1) is 11.3 Å². The van der Waals surface area contributed by atoms with Crippen molar-refractivity contribution in [3.8, 4) is 0 Å². The standard InChI is InChI=1S/C12H19NS2/c1-9-6-7-11(15-9)12(13-2)10-5-3-4-8-14-10/h6-7,10,12-13H,3-5,8H2,1-2H3. The molecular weight excluding hydrogens is 222 g/mol. The zero-order valence-corrected chi connectivity index (χ0v) is 11.1. The Morgan fingerprint density at radius 3 is 2.80 bits per heavy atom. The maximum absolute atomic E-state index is 3.49. The van der Waals surface area contributed by atoms with E-state index in [2.05, 4.69) is 43.2 Å². The second-order valence-corrected chi connectivity index (χ2v) is 6.79. The SMILES string of the molecule is CNC(c1ccc(C)s1)C1CCCCS1. The molecular formula is C12H19NS2. The molecule has 0 radical (unpaired) electrons. The molecule has 15 heavy (non-hydrogen) atoms. The number of thiophene rings is 1. The van der Waals surface area contributed by atoms with Gasteiger partial charge in [-0.2, -0.15) is 11.8 Å². The zero-order chi connectivity index (χ0) is 10.7. The summed E-state index contributed by atoms with van der Waals surface area (Å²) in [6.07, 6.45) is 4.17. The fourth-order valence-electron chi connectivity index (χ4n) is 2.16. The third-order valence-corrected chi connectivity index (χ3v) is 5.51. The van der Waals surface area contributed by atoms with Crippen LogP contribution in [0.15, 0.2) is 12.1 Å². The smallest absolute Gasteiger partial charge is 0.0533 e. The maximum atomic E-state index is 3.49. The summed E-state index contributed by atoms with van der Waals surface area (Å²) in [5, 5.41) is 4.27. The van der Waals surface area contributed by atoms with Crippen molar-refractivity contribution in [3.63, 3.8) is 0 Å². The lowest BCUT2D eigenvalue weighted by atomic mass is 10.1. The molecule has 0 spiro atoms. The third kappa shape index (κ3) is 2.77. The van der Waals surface area contributed by atoms with Crippen LogP contribution >= 0.6 is 23.1 Å². The molecule has 2 atom stereocenters. The number of thioether (sulfide) groups is 1. The van der Waals surface area contributed by atoms with E-state index in [9.17, 15) is 0 Å². The van der Waals surface area contributed by atoms with Crippen LogP contribution < -0.4 is 5.32 Å². The van der Waals surface area contributed by atoms with Gasteiger partial charge in [-0.1, -0.05) is 6.42 Å². The highest BCUT2D eigenvalue weighted by Gasteiger charge is 2.25. The molecule has 1 nitrogen and oxygen atoms in total. The van der Waals surface area contributed by atoms with E-state index in [4.69, 9.17) is 0 Å². The summed E-state index contributed by atoms with van der Waals surface area (Å²) in [7, 11) is 2.09. The molecule has 0 bridgehead atoms. The average Bonchev–Trinajstić information content (AvgIpc) is 2.68. The van der Waals surface area contributed by atoms with Crippen molar-refractivity contribution in [1.29, 1.82) is 0 Å². The first-order valence-corrected chi connectivity index (χ1v) is 7.53. The van der Waals surface area contributed by atoms with E-state index in [1.165, 1.54) is 34.8 Å². The Labute approximate surface area is 101 Å². The summed E-state index contributed by atoms with van der Waals surface area (Å²) >= 11 is 4.08. The summed E-state index contributed by atoms with van der Waals surface area (Å²) in [4.78, 5) is 2.93. The van der Waals surface area contributed by atoms with E-state index in [1.54, 1.807) is 0 Å². The lowest BCUT2D eigenvalue weighted by Crippen LogP contribution is -2.28. The van der Waals surface area contributed by atoms with Crippen molar-refractivity contribution in [2.45, 2.75) is 37.5 Å². The van der Waals surface area contributed by atoms with E-state index in [0.717, 1.165) is 5.25 Å². The molecule has 1 aliphatic heterocycles. The third-order valence-electron chi connectivity index (χ3n) is 2.97. The molecule has 1 aromatic heterocycles. The number of rotatable bonds is 3. The molecule has 1 aromatic rings. The van der Waals surface area contributed by atoms with Gasteiger partial charge in [0.2, 0.25) is 0 Å². The van der Waals surface area contributed by atoms with Crippen LogP contribution in [-0.4, -0.2) is 18.1 Å². The normalized spacial score (nSPS) is 24.0. The van der Waals surface area contributed by atoms with Crippen LogP contribution in [0.25, 0.3) is 0 Å². The molecule has 2 unspecified atom stereocenters. The molecule has 0 aromatic carbocycles. The van der Waals surface area contributed by atoms with Crippen LogP contribution in [0.4, 0.5) is 0 Å². The molecule has 84 valence electrons. The lowest BCUT2D eigenvalue weighted by Gasteiger charge is -2.28. The Balaban J connectivity index is 2.08. The zero-order valence-electron chi connectivity index (χ0n) is 9.45. The van der Waals surface area contributed by atoms with E-state index >= 15 is 0 Å². The van der Waals surface area contributed by atoms with Crippen molar-refractivity contribution in [3.05, 3.63) is 21.9 Å². The molecule has 3 heteroatoms. The maximum Gasteiger partial charge on any atom is 0.0533 e. The predicted octanol–water partition coefficient (Wildman–Crippen LogP) is 3.60. The van der Waals surface area contributed by atoms with Crippen LogP contribution in [0.3, 0.4) is 0 Å². The topological polar surface area (TPSA) is 12.0 Å². The molecule has 1 fully saturated rings. The number of nitrogens with one attached hydrogen (secondary N) is 1. The van der Waals surface area contributed by atoms with E-state index < -0.39 is 0 Å². The lowest BCUT2D eigenvalue weighted by molar-refractivity contribution is 0.522. The van der Waals surface area contributed by atoms with Crippen LogP contribution in [0, 0.1) is 6.92 Å². The van der Waals surface area contributed by atoms with Gasteiger partial charge in [0, 0.05) is 15.0 Å². The van der Waals surface area contributed by atoms with Gasteiger partial charge in [0.15, 0.2) is 0 Å². The van der Waals surface area contributed by atoms with Crippen LogP contribution in [0.5, 0.6) is 0 Å². The van der Waals surface area contributed by atoms with Gasteiger partial charge in [-0.3, -0.25) is 0 Å². The van der Waals surface area contributed by atoms with Crippen LogP contribution in [0.1, 0.15) is 35.1 Å². The highest BCUT2D eigenvalue weighted by Crippen LogP contribution is 2.36. The summed E-state index contributed by atoms with van der Waals surface area (Å²) in [6, 6.07) is 5.09. The minimum atomic E-state index is 0.564. The number of aryl methyl sites for hydroxylation is 1. The first-order valence-electron chi connectivity index (χ1n) is 5.66. The van der Waals surface area contributed by atoms with Gasteiger partial charge in [0.05, 0.1) is 6.04 Å². The Bertz CT molecular complexity index is 302. The van der Waals surface area contributed by atoms with Crippen LogP contribution in [-0.2, 0) is 0 Å². The van der Waals surface area contributed by atoms with Gasteiger partial charge >= 0.3 is 0 Å². The number of hydrogen-bond donors (Lipinski definition) is 1. The molecule has 2 rings (SSSR count). The van der Waals surface area contributed by atoms with E-state index in [0.29, 0.717) is 6.04 Å². The van der Waals surface area contributed by atoms with Crippen LogP contribution in [0.2, 0.25) is 0 Å². The molecule has 1 N–H and O–H groups in total. The molecule has 1 saturated heterocycles. The Morgan fingerprint density at radius 2 is 2.27 bits per heavy atom. The van der Waals surface area contributed by atoms with Gasteiger partial charge in [-0.25, -0.2) is 0 Å². The van der Waals surface area contributed by atoms with E-state index in [-0.39, 0.29) is 0 Å². The highest BCUT2D eigenvalue weighted by molar-refractivity contribution is 8.00. The van der Waals surface area contributed by atoms with Gasteiger partial charge < -0.3 is 5.32 Å². The summed E-state index contributed by atoms with van der Waals surface area (Å²) in [5.41, 5.74) is 0. The first-order chi connectivity index (χ1) is 7.31. The number of hydrogen-bond acceptors (Lipinski definition) is 3. The fourth-order valence-corrected chi connectivity index (χ4v) is 4.78. The summed E-state index contributed by atoms with van der Waals surface area (Å²) in [6.45, 7) is 2.19. The second-order valence-electron chi connectivity index (χ2n) is 4.12. The quantitative estimate of drug-likeness (QED) is 0.868. The van der Waals surface area contributed by atoms with Gasteiger partial charge in [0.1, 0.15) is 0 Å². The summed E-state index contributed by atoms with van der Waals surface area (Å²) < 4.78 is 0. The van der Waals surface area contributed by atoms with Crippen molar-refractivity contribution in [2.24, 2.45) is 0 Å². The Morgan fingerprint density at radius 1 is 1.40 bits per heavy atom. The summed E-state index contributed by atoms with van der Waals surface area (Å²) in [5.74, 6) is 1.34. The molecule has 0 saturated carbocycles.